The summed E-state index contributed by atoms with van der Waals surface area (Å²) in [5, 5.41) is 0. The van der Waals surface area contributed by atoms with Crippen molar-refractivity contribution in [2.45, 2.75) is 26.7 Å². The summed E-state index contributed by atoms with van der Waals surface area (Å²) >= 11 is 0. The first-order chi connectivity index (χ1) is 7.59. The summed E-state index contributed by atoms with van der Waals surface area (Å²) in [5.74, 6) is 0.721. The van der Waals surface area contributed by atoms with Crippen molar-refractivity contribution in [3.05, 3.63) is 0 Å². The summed E-state index contributed by atoms with van der Waals surface area (Å²) in [4.78, 5) is 17.3. The molecule has 1 amide bonds. The van der Waals surface area contributed by atoms with E-state index in [0.29, 0.717) is 44.6 Å². The minimum Gasteiger partial charge on any atom is -0.378 e. The number of morpholine rings is 1. The molecule has 5 heteroatoms. The van der Waals surface area contributed by atoms with Gasteiger partial charge in [-0.2, -0.15) is 4.99 Å². The third kappa shape index (κ3) is 4.61. The zero-order chi connectivity index (χ0) is 12.0. The SMILES string of the molecule is CC(C)CCC(=O)N=C(N)N1CCOCC1. The molecular formula is C11H21N3O2. The number of ether oxygens (including phenoxy) is 1. The summed E-state index contributed by atoms with van der Waals surface area (Å²) in [5.41, 5.74) is 5.76. The lowest BCUT2D eigenvalue weighted by atomic mass is 10.1. The number of carbonyl (C=O) groups is 1. The molecule has 5 nitrogen and oxygen atoms in total. The minimum absolute atomic E-state index is 0.127. The van der Waals surface area contributed by atoms with Gasteiger partial charge in [0.25, 0.3) is 0 Å². The Morgan fingerprint density at radius 3 is 2.62 bits per heavy atom. The zero-order valence-corrected chi connectivity index (χ0v) is 10.1. The van der Waals surface area contributed by atoms with Crippen LogP contribution in [-0.4, -0.2) is 43.1 Å². The molecule has 1 fully saturated rings. The second-order valence-corrected chi connectivity index (χ2v) is 4.40. The predicted molar refractivity (Wildman–Crippen MR) is 63.1 cm³/mol. The fourth-order valence-corrected chi connectivity index (χ4v) is 1.46. The minimum atomic E-state index is -0.127. The van der Waals surface area contributed by atoms with E-state index in [0.717, 1.165) is 6.42 Å². The zero-order valence-electron chi connectivity index (χ0n) is 10.1. The van der Waals surface area contributed by atoms with Gasteiger partial charge in [0.2, 0.25) is 5.91 Å². The third-order valence-electron chi connectivity index (χ3n) is 2.51. The maximum absolute atomic E-state index is 11.5. The third-order valence-corrected chi connectivity index (χ3v) is 2.51. The number of nitrogens with zero attached hydrogens (tertiary/aromatic N) is 2. The molecule has 0 radical (unpaired) electrons. The monoisotopic (exact) mass is 227 g/mol. The van der Waals surface area contributed by atoms with E-state index in [4.69, 9.17) is 10.5 Å². The van der Waals surface area contributed by atoms with Gasteiger partial charge in [-0.15, -0.1) is 0 Å². The van der Waals surface area contributed by atoms with Crippen molar-refractivity contribution in [1.29, 1.82) is 0 Å². The fourth-order valence-electron chi connectivity index (χ4n) is 1.46. The molecule has 0 atom stereocenters. The first-order valence-corrected chi connectivity index (χ1v) is 5.79. The van der Waals surface area contributed by atoms with E-state index in [1.54, 1.807) is 0 Å². The Hall–Kier alpha value is -1.10. The number of amides is 1. The summed E-state index contributed by atoms with van der Waals surface area (Å²) in [6.45, 7) is 6.90. The van der Waals surface area contributed by atoms with Crippen molar-refractivity contribution in [3.8, 4) is 0 Å². The molecular weight excluding hydrogens is 206 g/mol. The first kappa shape index (κ1) is 13.0. The molecule has 16 heavy (non-hydrogen) atoms. The molecule has 1 heterocycles. The number of carbonyl (C=O) groups excluding carboxylic acids is 1. The van der Waals surface area contributed by atoms with Gasteiger partial charge in [0, 0.05) is 19.5 Å². The van der Waals surface area contributed by atoms with Crippen molar-refractivity contribution in [1.82, 2.24) is 4.90 Å². The number of rotatable bonds is 3. The number of nitrogens with two attached hydrogens (primary N) is 1. The van der Waals surface area contributed by atoms with Crippen LogP contribution in [0.3, 0.4) is 0 Å². The molecule has 1 rings (SSSR count). The van der Waals surface area contributed by atoms with Crippen LogP contribution in [0.1, 0.15) is 26.7 Å². The molecule has 1 saturated heterocycles. The van der Waals surface area contributed by atoms with E-state index in [-0.39, 0.29) is 5.91 Å². The molecule has 2 N–H and O–H groups in total. The largest absolute Gasteiger partial charge is 0.378 e. The summed E-state index contributed by atoms with van der Waals surface area (Å²) in [7, 11) is 0. The maximum atomic E-state index is 11.5. The molecule has 0 bridgehead atoms. The van der Waals surface area contributed by atoms with Gasteiger partial charge < -0.3 is 15.4 Å². The average molecular weight is 227 g/mol. The van der Waals surface area contributed by atoms with Gasteiger partial charge in [-0.3, -0.25) is 4.79 Å². The molecule has 0 saturated carbocycles. The van der Waals surface area contributed by atoms with Crippen molar-refractivity contribution < 1.29 is 9.53 Å². The van der Waals surface area contributed by atoms with Crippen LogP contribution in [0.4, 0.5) is 0 Å². The van der Waals surface area contributed by atoms with Crippen LogP contribution < -0.4 is 5.73 Å². The molecule has 0 aromatic carbocycles. The molecule has 0 aromatic rings. The lowest BCUT2D eigenvalue weighted by molar-refractivity contribution is -0.118. The van der Waals surface area contributed by atoms with Crippen molar-refractivity contribution in [3.63, 3.8) is 0 Å². The predicted octanol–water partition coefficient (Wildman–Crippen LogP) is 0.596. The van der Waals surface area contributed by atoms with Gasteiger partial charge in [0.1, 0.15) is 0 Å². The second kappa shape index (κ2) is 6.48. The highest BCUT2D eigenvalue weighted by Crippen LogP contribution is 2.05. The normalized spacial score (nSPS) is 17.9. The van der Waals surface area contributed by atoms with Gasteiger partial charge in [0.05, 0.1) is 13.2 Å². The Kier molecular flexibility index (Phi) is 5.25. The van der Waals surface area contributed by atoms with Crippen LogP contribution >= 0.6 is 0 Å². The summed E-state index contributed by atoms with van der Waals surface area (Å²) in [6.07, 6.45) is 1.33. The van der Waals surface area contributed by atoms with E-state index in [2.05, 4.69) is 18.8 Å². The van der Waals surface area contributed by atoms with Crippen molar-refractivity contribution in [2.24, 2.45) is 16.6 Å². The number of aliphatic imine (C=N–C) groups is 1. The Labute approximate surface area is 96.7 Å². The van der Waals surface area contributed by atoms with Crippen LogP contribution in [0.15, 0.2) is 4.99 Å². The summed E-state index contributed by atoms with van der Waals surface area (Å²) in [6, 6.07) is 0. The number of hydrogen-bond acceptors (Lipinski definition) is 2. The van der Waals surface area contributed by atoms with Crippen LogP contribution in [0.5, 0.6) is 0 Å². The van der Waals surface area contributed by atoms with E-state index in [9.17, 15) is 4.79 Å². The standard InChI is InChI=1S/C11H21N3O2/c1-9(2)3-4-10(15)13-11(12)14-5-7-16-8-6-14/h9H,3-8H2,1-2H3,(H2,12,13,15). The van der Waals surface area contributed by atoms with Crippen LogP contribution in [0, 0.1) is 5.92 Å². The maximum Gasteiger partial charge on any atom is 0.248 e. The molecule has 92 valence electrons. The lowest BCUT2D eigenvalue weighted by Gasteiger charge is -2.27. The lowest BCUT2D eigenvalue weighted by Crippen LogP contribution is -2.45. The van der Waals surface area contributed by atoms with Gasteiger partial charge in [-0.1, -0.05) is 13.8 Å². The van der Waals surface area contributed by atoms with Crippen LogP contribution in [0.2, 0.25) is 0 Å². The number of guanidine groups is 1. The highest BCUT2D eigenvalue weighted by molar-refractivity contribution is 5.92. The highest BCUT2D eigenvalue weighted by Gasteiger charge is 2.13. The van der Waals surface area contributed by atoms with Gasteiger partial charge in [0.15, 0.2) is 5.96 Å². The molecule has 0 spiro atoms. The van der Waals surface area contributed by atoms with Crippen molar-refractivity contribution >= 4 is 11.9 Å². The van der Waals surface area contributed by atoms with E-state index >= 15 is 0 Å². The van der Waals surface area contributed by atoms with Crippen LogP contribution in [0.25, 0.3) is 0 Å². The first-order valence-electron chi connectivity index (χ1n) is 5.79. The van der Waals surface area contributed by atoms with Crippen LogP contribution in [-0.2, 0) is 9.53 Å². The highest BCUT2D eigenvalue weighted by atomic mass is 16.5. The molecule has 1 aliphatic heterocycles. The Balaban J connectivity index is 2.38. The van der Waals surface area contributed by atoms with E-state index < -0.39 is 0 Å². The number of hydrogen-bond donors (Lipinski definition) is 1. The quantitative estimate of drug-likeness (QED) is 0.566. The Bertz CT molecular complexity index is 258. The topological polar surface area (TPSA) is 67.9 Å². The smallest absolute Gasteiger partial charge is 0.248 e. The fraction of sp³-hybridized carbons (Fsp3) is 0.818. The Morgan fingerprint density at radius 1 is 1.44 bits per heavy atom. The second-order valence-electron chi connectivity index (χ2n) is 4.40. The van der Waals surface area contributed by atoms with E-state index in [1.807, 2.05) is 4.90 Å². The molecule has 0 aliphatic carbocycles. The molecule has 1 aliphatic rings. The van der Waals surface area contributed by atoms with Gasteiger partial charge in [-0.25, -0.2) is 0 Å². The molecule has 0 aromatic heterocycles. The van der Waals surface area contributed by atoms with Gasteiger partial charge in [-0.05, 0) is 12.3 Å². The molecule has 0 unspecified atom stereocenters. The van der Waals surface area contributed by atoms with Gasteiger partial charge >= 0.3 is 0 Å². The average Bonchev–Trinajstić information content (AvgIpc) is 2.27. The Morgan fingerprint density at radius 2 is 2.06 bits per heavy atom. The summed E-state index contributed by atoms with van der Waals surface area (Å²) < 4.78 is 5.20. The van der Waals surface area contributed by atoms with E-state index in [1.165, 1.54) is 0 Å². The van der Waals surface area contributed by atoms with Crippen molar-refractivity contribution in [2.75, 3.05) is 26.3 Å².